The summed E-state index contributed by atoms with van der Waals surface area (Å²) in [5, 5.41) is 15.0. The maximum absolute atomic E-state index is 11.0. The zero-order valence-electron chi connectivity index (χ0n) is 21.6. The maximum Gasteiger partial charge on any atom is 0.173 e. The molecule has 2 fully saturated rings. The highest BCUT2D eigenvalue weighted by Gasteiger charge is 2.29. The molecule has 0 spiro atoms. The second-order valence-corrected chi connectivity index (χ2v) is 10.2. The van der Waals surface area contributed by atoms with E-state index in [1.165, 1.54) is 5.56 Å². The van der Waals surface area contributed by atoms with Gasteiger partial charge in [0.15, 0.2) is 5.11 Å². The van der Waals surface area contributed by atoms with Crippen LogP contribution in [0.3, 0.4) is 0 Å². The number of ether oxygens (including phenoxy) is 3. The van der Waals surface area contributed by atoms with Crippen LogP contribution in [0.5, 0.6) is 17.2 Å². The predicted octanol–water partition coefficient (Wildman–Crippen LogP) is 4.36. The summed E-state index contributed by atoms with van der Waals surface area (Å²) in [6.45, 7) is 4.50. The summed E-state index contributed by atoms with van der Waals surface area (Å²) in [5.74, 6) is 3.23. The molecule has 2 N–H and O–H groups in total. The number of benzene rings is 2. The van der Waals surface area contributed by atoms with Crippen molar-refractivity contribution in [1.82, 2.24) is 9.80 Å². The Kier molecular flexibility index (Phi) is 9.29. The van der Waals surface area contributed by atoms with Gasteiger partial charge in [0.25, 0.3) is 0 Å². The molecule has 36 heavy (non-hydrogen) atoms. The summed E-state index contributed by atoms with van der Waals surface area (Å²) in [7, 11) is 4.97. The Balaban J connectivity index is 1.20. The van der Waals surface area contributed by atoms with E-state index in [2.05, 4.69) is 27.2 Å². The zero-order valence-corrected chi connectivity index (χ0v) is 22.4. The van der Waals surface area contributed by atoms with Crippen molar-refractivity contribution < 1.29 is 19.3 Å². The molecule has 2 aromatic carbocycles. The number of thiocarbonyl (C=S) groups is 1. The van der Waals surface area contributed by atoms with Gasteiger partial charge >= 0.3 is 0 Å². The molecular weight excluding hydrogens is 474 g/mol. The maximum atomic E-state index is 11.0. The van der Waals surface area contributed by atoms with Gasteiger partial charge < -0.3 is 34.4 Å². The van der Waals surface area contributed by atoms with Crippen LogP contribution in [0.1, 0.15) is 37.2 Å². The number of aliphatic hydroxyl groups is 1. The Morgan fingerprint density at radius 3 is 2.03 bits per heavy atom. The third-order valence-corrected chi connectivity index (χ3v) is 7.95. The molecule has 7 nitrogen and oxygen atoms in total. The monoisotopic (exact) mass is 513 g/mol. The second kappa shape index (κ2) is 12.6. The number of piperidine rings is 2. The third-order valence-electron chi connectivity index (χ3n) is 7.59. The van der Waals surface area contributed by atoms with Crippen molar-refractivity contribution in [2.75, 3.05) is 59.4 Å². The van der Waals surface area contributed by atoms with Crippen molar-refractivity contribution in [2.45, 2.75) is 37.7 Å². The molecule has 0 amide bonds. The normalized spacial score (nSPS) is 18.5. The lowest BCUT2D eigenvalue weighted by molar-refractivity contribution is 0.0343. The van der Waals surface area contributed by atoms with Crippen molar-refractivity contribution in [2.24, 2.45) is 5.92 Å². The minimum Gasteiger partial charge on any atom is -0.497 e. The van der Waals surface area contributed by atoms with Crippen molar-refractivity contribution >= 4 is 23.0 Å². The SMILES string of the molecule is COc1ccc(C2CCN(CC(O)C3CCN(C(=S)Nc4cc(OC)cc(OC)c4)CC3)CC2)cc1. The highest BCUT2D eigenvalue weighted by molar-refractivity contribution is 7.80. The van der Waals surface area contributed by atoms with E-state index in [4.69, 9.17) is 26.4 Å². The van der Waals surface area contributed by atoms with Crippen LogP contribution in [-0.4, -0.2) is 80.2 Å². The number of likely N-dealkylation sites (tertiary alicyclic amines) is 2. The Labute approximate surface area is 220 Å². The first-order chi connectivity index (χ1) is 17.5. The zero-order chi connectivity index (χ0) is 25.5. The van der Waals surface area contributed by atoms with Crippen LogP contribution in [0.2, 0.25) is 0 Å². The van der Waals surface area contributed by atoms with E-state index in [-0.39, 0.29) is 6.10 Å². The molecule has 0 aliphatic carbocycles. The van der Waals surface area contributed by atoms with Crippen LogP contribution in [0.4, 0.5) is 5.69 Å². The summed E-state index contributed by atoms with van der Waals surface area (Å²) in [6.07, 6.45) is 3.84. The van der Waals surface area contributed by atoms with Gasteiger partial charge in [-0.2, -0.15) is 0 Å². The fourth-order valence-electron chi connectivity index (χ4n) is 5.31. The van der Waals surface area contributed by atoms with Gasteiger partial charge in [-0.05, 0) is 80.5 Å². The molecule has 0 bridgehead atoms. The Morgan fingerprint density at radius 1 is 0.889 bits per heavy atom. The first kappa shape index (κ1) is 26.5. The van der Waals surface area contributed by atoms with Gasteiger partial charge in [0, 0.05) is 43.5 Å². The molecule has 0 aromatic heterocycles. The molecule has 4 rings (SSSR count). The Morgan fingerprint density at radius 2 is 1.47 bits per heavy atom. The Hall–Kier alpha value is -2.55. The van der Waals surface area contributed by atoms with E-state index >= 15 is 0 Å². The molecule has 2 saturated heterocycles. The fraction of sp³-hybridized carbons (Fsp3) is 0.536. The molecule has 2 heterocycles. The first-order valence-electron chi connectivity index (χ1n) is 12.8. The molecule has 2 aromatic rings. The van der Waals surface area contributed by atoms with Gasteiger partial charge in [-0.1, -0.05) is 12.1 Å². The lowest BCUT2D eigenvalue weighted by Crippen LogP contribution is -2.46. The number of nitrogens with one attached hydrogen (secondary N) is 1. The van der Waals surface area contributed by atoms with Gasteiger partial charge in [-0.15, -0.1) is 0 Å². The summed E-state index contributed by atoms with van der Waals surface area (Å²) in [6, 6.07) is 14.1. The second-order valence-electron chi connectivity index (χ2n) is 9.77. The van der Waals surface area contributed by atoms with Crippen LogP contribution in [-0.2, 0) is 0 Å². The van der Waals surface area contributed by atoms with Crippen LogP contribution in [0.25, 0.3) is 0 Å². The molecule has 2 aliphatic rings. The number of aliphatic hydroxyl groups excluding tert-OH is 1. The van der Waals surface area contributed by atoms with E-state index in [0.717, 1.165) is 81.3 Å². The van der Waals surface area contributed by atoms with Crippen LogP contribution in [0.15, 0.2) is 42.5 Å². The average molecular weight is 514 g/mol. The molecular formula is C28H39N3O4S. The summed E-state index contributed by atoms with van der Waals surface area (Å²) in [5.41, 5.74) is 2.23. The van der Waals surface area contributed by atoms with Gasteiger partial charge in [0.2, 0.25) is 0 Å². The summed E-state index contributed by atoms with van der Waals surface area (Å²) < 4.78 is 16.0. The number of β-amino-alcohol motifs (C(OH)–C–C–N with tert-alkyl or cyclic N) is 1. The van der Waals surface area contributed by atoms with Gasteiger partial charge in [-0.25, -0.2) is 0 Å². The Bertz CT molecular complexity index is 965. The lowest BCUT2D eigenvalue weighted by Gasteiger charge is -2.38. The molecule has 0 radical (unpaired) electrons. The summed E-state index contributed by atoms with van der Waals surface area (Å²) in [4.78, 5) is 4.62. The quantitative estimate of drug-likeness (QED) is 0.505. The molecule has 2 aliphatic heterocycles. The van der Waals surface area contributed by atoms with E-state index in [1.807, 2.05) is 30.3 Å². The fourth-order valence-corrected chi connectivity index (χ4v) is 5.61. The molecule has 0 saturated carbocycles. The van der Waals surface area contributed by atoms with Gasteiger partial charge in [0.1, 0.15) is 17.2 Å². The van der Waals surface area contributed by atoms with E-state index in [1.54, 1.807) is 21.3 Å². The largest absolute Gasteiger partial charge is 0.497 e. The van der Waals surface area contributed by atoms with Crippen LogP contribution < -0.4 is 19.5 Å². The smallest absolute Gasteiger partial charge is 0.173 e. The summed E-state index contributed by atoms with van der Waals surface area (Å²) >= 11 is 5.67. The first-order valence-corrected chi connectivity index (χ1v) is 13.2. The van der Waals surface area contributed by atoms with E-state index in [9.17, 15) is 5.11 Å². The van der Waals surface area contributed by atoms with Crippen LogP contribution >= 0.6 is 12.2 Å². The van der Waals surface area contributed by atoms with Gasteiger partial charge in [0.05, 0.1) is 27.4 Å². The number of methoxy groups -OCH3 is 3. The molecule has 1 atom stereocenters. The average Bonchev–Trinajstić information content (AvgIpc) is 2.93. The van der Waals surface area contributed by atoms with Crippen molar-refractivity contribution in [3.8, 4) is 17.2 Å². The van der Waals surface area contributed by atoms with Crippen molar-refractivity contribution in [3.05, 3.63) is 48.0 Å². The molecule has 8 heteroatoms. The minimum atomic E-state index is -0.297. The molecule has 196 valence electrons. The predicted molar refractivity (Wildman–Crippen MR) is 147 cm³/mol. The minimum absolute atomic E-state index is 0.297. The number of rotatable bonds is 8. The van der Waals surface area contributed by atoms with Crippen molar-refractivity contribution in [3.63, 3.8) is 0 Å². The molecule has 1 unspecified atom stereocenters. The van der Waals surface area contributed by atoms with Gasteiger partial charge in [-0.3, -0.25) is 0 Å². The standard InChI is InChI=1S/C28H39N3O4S/c1-33-24-6-4-20(5-7-24)21-8-12-30(13-9-21)19-27(32)22-10-14-31(15-11-22)28(36)29-23-16-25(34-2)18-26(17-23)35-3/h4-7,16-18,21-22,27,32H,8-15,19H2,1-3H3,(H,29,36). The number of anilines is 1. The third kappa shape index (κ3) is 6.81. The number of hydrogen-bond donors (Lipinski definition) is 2. The topological polar surface area (TPSA) is 66.4 Å². The highest BCUT2D eigenvalue weighted by Crippen LogP contribution is 2.31. The van der Waals surface area contributed by atoms with Crippen LogP contribution in [0, 0.1) is 5.92 Å². The lowest BCUT2D eigenvalue weighted by atomic mass is 9.88. The van der Waals surface area contributed by atoms with E-state index in [0.29, 0.717) is 16.9 Å². The number of hydrogen-bond acceptors (Lipinski definition) is 6. The highest BCUT2D eigenvalue weighted by atomic mass is 32.1. The van der Waals surface area contributed by atoms with Crippen molar-refractivity contribution in [1.29, 1.82) is 0 Å². The van der Waals surface area contributed by atoms with E-state index < -0.39 is 0 Å². The number of nitrogens with zero attached hydrogens (tertiary/aromatic N) is 2.